The molecular weight excluding hydrogens is 747 g/mol. The van der Waals surface area contributed by atoms with Gasteiger partial charge in [0, 0.05) is 38.5 Å². The van der Waals surface area contributed by atoms with E-state index in [0.717, 1.165) is 12.8 Å². The normalized spacial score (nSPS) is 22.8. The molecule has 4 heterocycles. The zero-order chi connectivity index (χ0) is 41.2. The van der Waals surface area contributed by atoms with Crippen molar-refractivity contribution < 1.29 is 42.7 Å². The van der Waals surface area contributed by atoms with Gasteiger partial charge in [-0.15, -0.1) is 0 Å². The molecule has 1 aliphatic carbocycles. The van der Waals surface area contributed by atoms with Crippen molar-refractivity contribution >= 4 is 35.4 Å². The number of carbonyl (C=O) groups excluding carboxylic acids is 5. The first-order chi connectivity index (χ1) is 27.9. The number of methoxy groups -OCH3 is 1. The van der Waals surface area contributed by atoms with Crippen LogP contribution in [0, 0.1) is 11.8 Å². The molecule has 16 nitrogen and oxygen atoms in total. The number of amides is 5. The van der Waals surface area contributed by atoms with Crippen LogP contribution >= 0.6 is 0 Å². The molecule has 5 amide bonds. The second-order valence-electron chi connectivity index (χ2n) is 15.7. The van der Waals surface area contributed by atoms with E-state index in [1.807, 2.05) is 4.90 Å². The Kier molecular flexibility index (Phi) is 14.2. The molecule has 4 atom stereocenters. The predicted octanol–water partition coefficient (Wildman–Crippen LogP) is 2.26. The van der Waals surface area contributed by atoms with E-state index in [0.29, 0.717) is 67.7 Å². The van der Waals surface area contributed by atoms with Gasteiger partial charge in [0.15, 0.2) is 5.82 Å². The van der Waals surface area contributed by atoms with Gasteiger partial charge in [-0.1, -0.05) is 43.3 Å². The van der Waals surface area contributed by atoms with Crippen LogP contribution in [0.15, 0.2) is 59.1 Å². The van der Waals surface area contributed by atoms with Crippen molar-refractivity contribution in [3.05, 3.63) is 71.5 Å². The Morgan fingerprint density at radius 3 is 2.36 bits per heavy atom. The summed E-state index contributed by atoms with van der Waals surface area (Å²) in [4.78, 5) is 73.0. The molecule has 312 valence electrons. The average Bonchev–Trinajstić information content (AvgIpc) is 3.89. The van der Waals surface area contributed by atoms with Crippen LogP contribution in [-0.2, 0) is 36.8 Å². The minimum atomic E-state index is -1.16. The average molecular weight is 802 g/mol. The van der Waals surface area contributed by atoms with Gasteiger partial charge in [0.25, 0.3) is 5.91 Å². The Bertz CT molecular complexity index is 1870. The molecule has 0 unspecified atom stereocenters. The molecule has 0 spiro atoms. The van der Waals surface area contributed by atoms with Gasteiger partial charge in [0.2, 0.25) is 29.4 Å². The lowest BCUT2D eigenvalue weighted by Gasteiger charge is -2.29. The second kappa shape index (κ2) is 19.7. The van der Waals surface area contributed by atoms with Gasteiger partial charge < -0.3 is 49.8 Å². The lowest BCUT2D eigenvalue weighted by Crippen LogP contribution is -2.58. The highest BCUT2D eigenvalue weighted by Gasteiger charge is 2.34. The molecular formula is C42H55N7O9. The molecule has 2 aromatic carbocycles. The van der Waals surface area contributed by atoms with Crippen LogP contribution in [0.4, 0.5) is 5.82 Å². The summed E-state index contributed by atoms with van der Waals surface area (Å²) in [5.41, 5.74) is 1.41. The van der Waals surface area contributed by atoms with Gasteiger partial charge in [-0.3, -0.25) is 24.0 Å². The van der Waals surface area contributed by atoms with Gasteiger partial charge in [-0.2, -0.15) is 0 Å². The minimum absolute atomic E-state index is 0.0518. The number of rotatable bonds is 10. The fraction of sp³-hybridized carbons (Fsp3) is 0.524. The number of aromatic nitrogens is 1. The standard InChI is InChI=1S/C42H55N7O9/c1-26(2)19-31-25-57-33-13-9-29(10-14-33)21-35(46-41(53)36-22-37(47-58-36)48-15-17-56-18-16-48)40(52)45-34(20-28-7-11-32(55-4)12-8-28)39(51)43-27(3)42(54)49(23-30-5-6-30)24-38(50)44-31/h7-14,22,26-27,30-31,34-35H,5-6,15-21,23-25H2,1-4H3,(H,43,51)(H,44,50)(H,45,52)(H,46,53)/t27-,31+,34+,35+/m1/s1. The molecule has 4 N–H and O–H groups in total. The summed E-state index contributed by atoms with van der Waals surface area (Å²) in [7, 11) is 1.55. The third kappa shape index (κ3) is 11.9. The number of fused-ring (bicyclic) bond motifs is 17. The van der Waals surface area contributed by atoms with Crippen LogP contribution in [0.5, 0.6) is 11.5 Å². The first kappa shape index (κ1) is 42.0. The number of hydrogen-bond acceptors (Lipinski definition) is 11. The molecule has 2 bridgehead atoms. The van der Waals surface area contributed by atoms with Crippen molar-refractivity contribution in [2.24, 2.45) is 11.8 Å². The monoisotopic (exact) mass is 801 g/mol. The summed E-state index contributed by atoms with van der Waals surface area (Å²) in [5, 5.41) is 15.6. The number of hydrogen-bond donors (Lipinski definition) is 4. The molecule has 1 saturated carbocycles. The fourth-order valence-corrected chi connectivity index (χ4v) is 7.06. The summed E-state index contributed by atoms with van der Waals surface area (Å²) in [6.45, 7) is 8.32. The van der Waals surface area contributed by atoms with Gasteiger partial charge >= 0.3 is 0 Å². The highest BCUT2D eigenvalue weighted by atomic mass is 16.5. The molecule has 3 aliphatic heterocycles. The highest BCUT2D eigenvalue weighted by molar-refractivity contribution is 5.98. The molecule has 3 aromatic rings. The molecule has 0 radical (unpaired) electrons. The van der Waals surface area contributed by atoms with Gasteiger partial charge in [0.05, 0.1) is 32.9 Å². The number of ether oxygens (including phenoxy) is 3. The van der Waals surface area contributed by atoms with Crippen LogP contribution in [0.1, 0.15) is 61.7 Å². The number of benzene rings is 2. The molecule has 1 aromatic heterocycles. The molecule has 1 saturated heterocycles. The minimum Gasteiger partial charge on any atom is -0.497 e. The third-order valence-corrected chi connectivity index (χ3v) is 10.4. The maximum Gasteiger partial charge on any atom is 0.290 e. The van der Waals surface area contributed by atoms with Crippen LogP contribution in [0.25, 0.3) is 0 Å². The van der Waals surface area contributed by atoms with Crippen molar-refractivity contribution in [1.29, 1.82) is 0 Å². The van der Waals surface area contributed by atoms with E-state index in [1.165, 1.54) is 11.0 Å². The highest BCUT2D eigenvalue weighted by Crippen LogP contribution is 2.30. The fourth-order valence-electron chi connectivity index (χ4n) is 7.06. The van der Waals surface area contributed by atoms with Crippen molar-refractivity contribution in [3.8, 4) is 11.5 Å². The summed E-state index contributed by atoms with van der Waals surface area (Å²) >= 11 is 0. The van der Waals surface area contributed by atoms with Crippen molar-refractivity contribution in [2.75, 3.05) is 58.0 Å². The number of carbonyl (C=O) groups is 5. The van der Waals surface area contributed by atoms with Crippen molar-refractivity contribution in [1.82, 2.24) is 31.3 Å². The molecule has 16 heteroatoms. The Balaban J connectivity index is 1.30. The van der Waals surface area contributed by atoms with E-state index < -0.39 is 41.8 Å². The van der Waals surface area contributed by atoms with Crippen LogP contribution < -0.4 is 35.6 Å². The molecule has 4 aliphatic rings. The summed E-state index contributed by atoms with van der Waals surface area (Å²) in [6, 6.07) is 12.0. The zero-order valence-corrected chi connectivity index (χ0v) is 33.7. The largest absolute Gasteiger partial charge is 0.497 e. The number of morpholine rings is 1. The zero-order valence-electron chi connectivity index (χ0n) is 33.7. The maximum atomic E-state index is 14.3. The Morgan fingerprint density at radius 1 is 0.966 bits per heavy atom. The van der Waals surface area contributed by atoms with Crippen LogP contribution in [-0.4, -0.2) is 117 Å². The molecule has 58 heavy (non-hydrogen) atoms. The van der Waals surface area contributed by atoms with E-state index in [9.17, 15) is 24.0 Å². The lowest BCUT2D eigenvalue weighted by atomic mass is 10.0. The lowest BCUT2D eigenvalue weighted by molar-refractivity contribution is -0.140. The number of anilines is 1. The van der Waals surface area contributed by atoms with E-state index in [2.05, 4.69) is 40.3 Å². The van der Waals surface area contributed by atoms with E-state index in [4.69, 9.17) is 18.7 Å². The van der Waals surface area contributed by atoms with E-state index >= 15 is 0 Å². The summed E-state index contributed by atoms with van der Waals surface area (Å²) < 4.78 is 22.3. The third-order valence-electron chi connectivity index (χ3n) is 10.4. The van der Waals surface area contributed by atoms with Crippen molar-refractivity contribution in [2.45, 2.75) is 77.0 Å². The van der Waals surface area contributed by atoms with Crippen molar-refractivity contribution in [3.63, 3.8) is 0 Å². The van der Waals surface area contributed by atoms with Crippen LogP contribution in [0.2, 0.25) is 0 Å². The SMILES string of the molecule is COc1ccc(C[C@@H]2NC(=O)[C@@H](NC(=O)c3cc(N4CCOCC4)no3)Cc3ccc(cc3)OC[C@H](CC(C)C)NC(=O)CN(CC3CC3)C(=O)[C@@H](C)NC2=O)cc1. The van der Waals surface area contributed by atoms with Gasteiger partial charge in [-0.05, 0) is 73.4 Å². The molecule has 7 rings (SSSR count). The smallest absolute Gasteiger partial charge is 0.290 e. The predicted molar refractivity (Wildman–Crippen MR) is 213 cm³/mol. The first-order valence-electron chi connectivity index (χ1n) is 20.1. The Labute approximate surface area is 338 Å². The number of nitrogens with zero attached hydrogens (tertiary/aromatic N) is 3. The quantitative estimate of drug-likeness (QED) is 0.220. The topological polar surface area (TPSA) is 194 Å². The number of nitrogens with one attached hydrogen (secondary N) is 4. The summed E-state index contributed by atoms with van der Waals surface area (Å²) in [6.07, 6.45) is 2.67. The first-order valence-corrected chi connectivity index (χ1v) is 20.1. The molecule has 2 fully saturated rings. The summed E-state index contributed by atoms with van der Waals surface area (Å²) in [5.74, 6) is -0.518. The van der Waals surface area contributed by atoms with Gasteiger partial charge in [0.1, 0.15) is 36.2 Å². The Hall–Kier alpha value is -5.64. The maximum absolute atomic E-state index is 14.3. The second-order valence-corrected chi connectivity index (χ2v) is 15.7. The van der Waals surface area contributed by atoms with E-state index in [-0.39, 0.29) is 55.5 Å². The van der Waals surface area contributed by atoms with E-state index in [1.54, 1.807) is 62.6 Å². The van der Waals surface area contributed by atoms with Gasteiger partial charge in [-0.25, -0.2) is 0 Å². The van der Waals surface area contributed by atoms with Crippen LogP contribution in [0.3, 0.4) is 0 Å². The Morgan fingerprint density at radius 2 is 1.69 bits per heavy atom.